The molecule has 4 nitrogen and oxygen atoms in total. The van der Waals surface area contributed by atoms with Gasteiger partial charge in [-0.3, -0.25) is 4.68 Å². The number of fused-ring (bicyclic) bond motifs is 1. The molecule has 0 atom stereocenters. The highest BCUT2D eigenvalue weighted by Gasteiger charge is 2.28. The van der Waals surface area contributed by atoms with Gasteiger partial charge in [-0.15, -0.1) is 0 Å². The molecule has 0 fully saturated rings. The standard InChI is InChI=1S/C10H17BN2O2/c1-7(2)13-10(11(14)15)8-5-3-4-6-9(8)12-13/h7,14-15H,3-6H2,1-2H3. The summed E-state index contributed by atoms with van der Waals surface area (Å²) in [5, 5.41) is 23.3. The van der Waals surface area contributed by atoms with Crippen LogP contribution in [0.5, 0.6) is 0 Å². The predicted octanol–water partition coefficient (Wildman–Crippen LogP) is 0.0226. The van der Waals surface area contributed by atoms with E-state index in [1.54, 1.807) is 4.68 Å². The average molecular weight is 208 g/mol. The molecule has 1 aliphatic rings. The Bertz CT molecular complexity index is 361. The van der Waals surface area contributed by atoms with Gasteiger partial charge in [-0.05, 0) is 45.1 Å². The predicted molar refractivity (Wildman–Crippen MR) is 59.1 cm³/mol. The summed E-state index contributed by atoms with van der Waals surface area (Å²) in [5.74, 6) is 0. The number of rotatable bonds is 2. The van der Waals surface area contributed by atoms with Gasteiger partial charge in [0, 0.05) is 6.04 Å². The molecule has 82 valence electrons. The summed E-state index contributed by atoms with van der Waals surface area (Å²) < 4.78 is 1.75. The molecule has 0 saturated heterocycles. The van der Waals surface area contributed by atoms with Gasteiger partial charge in [0.15, 0.2) is 0 Å². The summed E-state index contributed by atoms with van der Waals surface area (Å²) >= 11 is 0. The Kier molecular flexibility index (Phi) is 2.84. The largest absolute Gasteiger partial charge is 0.508 e. The molecule has 15 heavy (non-hydrogen) atoms. The molecule has 0 unspecified atom stereocenters. The maximum Gasteiger partial charge on any atom is 0.508 e. The van der Waals surface area contributed by atoms with Gasteiger partial charge in [-0.1, -0.05) is 0 Å². The topological polar surface area (TPSA) is 58.3 Å². The van der Waals surface area contributed by atoms with Crippen molar-refractivity contribution in [1.29, 1.82) is 0 Å². The first kappa shape index (κ1) is 10.7. The molecule has 1 aromatic heterocycles. The fourth-order valence-corrected chi connectivity index (χ4v) is 2.27. The van der Waals surface area contributed by atoms with E-state index < -0.39 is 7.12 Å². The molecule has 0 bridgehead atoms. The van der Waals surface area contributed by atoms with Crippen LogP contribution in [0.25, 0.3) is 0 Å². The highest BCUT2D eigenvalue weighted by atomic mass is 16.4. The van der Waals surface area contributed by atoms with Crippen molar-refractivity contribution < 1.29 is 10.0 Å². The van der Waals surface area contributed by atoms with Crippen LogP contribution in [0.3, 0.4) is 0 Å². The first-order valence-electron chi connectivity index (χ1n) is 5.57. The van der Waals surface area contributed by atoms with Gasteiger partial charge in [-0.2, -0.15) is 5.10 Å². The second kappa shape index (κ2) is 3.98. The summed E-state index contributed by atoms with van der Waals surface area (Å²) in [6.45, 7) is 4.01. The number of hydrogen-bond acceptors (Lipinski definition) is 3. The van der Waals surface area contributed by atoms with E-state index in [1.165, 1.54) is 0 Å². The van der Waals surface area contributed by atoms with Gasteiger partial charge in [0.1, 0.15) is 0 Å². The van der Waals surface area contributed by atoms with Gasteiger partial charge in [0.25, 0.3) is 0 Å². The number of aromatic nitrogens is 2. The van der Waals surface area contributed by atoms with Crippen molar-refractivity contribution in [2.24, 2.45) is 0 Å². The van der Waals surface area contributed by atoms with Crippen LogP contribution in [-0.2, 0) is 12.8 Å². The fraction of sp³-hybridized carbons (Fsp3) is 0.700. The third-order valence-corrected chi connectivity index (χ3v) is 2.96. The lowest BCUT2D eigenvalue weighted by Crippen LogP contribution is -2.40. The molecule has 1 heterocycles. The van der Waals surface area contributed by atoms with Crippen LogP contribution >= 0.6 is 0 Å². The Morgan fingerprint density at radius 2 is 1.93 bits per heavy atom. The molecular formula is C10H17BN2O2. The second-order valence-corrected chi connectivity index (χ2v) is 4.43. The Morgan fingerprint density at radius 1 is 1.27 bits per heavy atom. The van der Waals surface area contributed by atoms with Gasteiger partial charge < -0.3 is 10.0 Å². The maximum absolute atomic E-state index is 9.39. The first-order valence-corrected chi connectivity index (χ1v) is 5.57. The van der Waals surface area contributed by atoms with E-state index in [9.17, 15) is 10.0 Å². The SMILES string of the molecule is CC(C)n1nc2c(c1B(O)O)CCCC2. The molecule has 0 aromatic carbocycles. The number of aryl methyl sites for hydroxylation is 1. The van der Waals surface area contributed by atoms with E-state index in [0.29, 0.717) is 5.59 Å². The van der Waals surface area contributed by atoms with Crippen LogP contribution in [0, 0.1) is 0 Å². The lowest BCUT2D eigenvalue weighted by atomic mass is 9.79. The number of hydrogen-bond donors (Lipinski definition) is 2. The van der Waals surface area contributed by atoms with Gasteiger partial charge in [-0.25, -0.2) is 0 Å². The van der Waals surface area contributed by atoms with Crippen molar-refractivity contribution in [2.45, 2.75) is 45.6 Å². The van der Waals surface area contributed by atoms with Gasteiger partial charge in [0.2, 0.25) is 0 Å². The summed E-state index contributed by atoms with van der Waals surface area (Å²) in [6, 6.07) is 0.174. The van der Waals surface area contributed by atoms with Crippen molar-refractivity contribution in [3.63, 3.8) is 0 Å². The average Bonchev–Trinajstić information content (AvgIpc) is 2.56. The van der Waals surface area contributed by atoms with Crippen molar-refractivity contribution in [2.75, 3.05) is 0 Å². The molecule has 2 N–H and O–H groups in total. The molecule has 5 heteroatoms. The molecule has 0 spiro atoms. The maximum atomic E-state index is 9.39. The smallest absolute Gasteiger partial charge is 0.422 e. The van der Waals surface area contributed by atoms with E-state index in [0.717, 1.165) is 36.9 Å². The molecule has 1 aromatic rings. The van der Waals surface area contributed by atoms with Crippen LogP contribution in [0.4, 0.5) is 0 Å². The summed E-state index contributed by atoms with van der Waals surface area (Å²) in [7, 11) is -1.40. The lowest BCUT2D eigenvalue weighted by molar-refractivity contribution is 0.415. The Morgan fingerprint density at radius 3 is 2.53 bits per heavy atom. The highest BCUT2D eigenvalue weighted by molar-refractivity contribution is 6.58. The van der Waals surface area contributed by atoms with E-state index in [1.807, 2.05) is 13.8 Å². The number of nitrogens with zero attached hydrogens (tertiary/aromatic N) is 2. The zero-order chi connectivity index (χ0) is 11.0. The van der Waals surface area contributed by atoms with Crippen LogP contribution in [-0.4, -0.2) is 26.9 Å². The van der Waals surface area contributed by atoms with E-state index in [-0.39, 0.29) is 6.04 Å². The fourth-order valence-electron chi connectivity index (χ4n) is 2.27. The monoisotopic (exact) mass is 208 g/mol. The van der Waals surface area contributed by atoms with Crippen molar-refractivity contribution in [3.8, 4) is 0 Å². The van der Waals surface area contributed by atoms with E-state index >= 15 is 0 Å². The minimum Gasteiger partial charge on any atom is -0.422 e. The minimum absolute atomic E-state index is 0.174. The first-order chi connectivity index (χ1) is 7.11. The molecule has 2 rings (SSSR count). The lowest BCUT2D eigenvalue weighted by Gasteiger charge is -2.12. The highest BCUT2D eigenvalue weighted by Crippen LogP contribution is 2.19. The van der Waals surface area contributed by atoms with Crippen molar-refractivity contribution in [3.05, 3.63) is 11.3 Å². The van der Waals surface area contributed by atoms with Gasteiger partial charge >= 0.3 is 7.12 Å². The summed E-state index contributed by atoms with van der Waals surface area (Å²) in [5.41, 5.74) is 2.71. The molecule has 0 saturated carbocycles. The third-order valence-electron chi connectivity index (χ3n) is 2.96. The van der Waals surface area contributed by atoms with Crippen LogP contribution in [0.1, 0.15) is 44.0 Å². The quantitative estimate of drug-likeness (QED) is 0.673. The summed E-state index contributed by atoms with van der Waals surface area (Å²) in [4.78, 5) is 0. The molecule has 0 aliphatic heterocycles. The van der Waals surface area contributed by atoms with E-state index in [4.69, 9.17) is 0 Å². The molecule has 1 aliphatic carbocycles. The summed E-state index contributed by atoms with van der Waals surface area (Å²) in [6.07, 6.45) is 4.17. The Balaban J connectivity index is 2.51. The molecular weight excluding hydrogens is 191 g/mol. The zero-order valence-corrected chi connectivity index (χ0v) is 9.27. The van der Waals surface area contributed by atoms with Crippen LogP contribution in [0.15, 0.2) is 0 Å². The zero-order valence-electron chi connectivity index (χ0n) is 9.27. The normalized spacial score (nSPS) is 15.5. The molecule has 0 amide bonds. The third kappa shape index (κ3) is 1.81. The Labute approximate surface area is 90.1 Å². The van der Waals surface area contributed by atoms with Crippen molar-refractivity contribution in [1.82, 2.24) is 9.78 Å². The van der Waals surface area contributed by atoms with E-state index in [2.05, 4.69) is 5.10 Å². The van der Waals surface area contributed by atoms with Gasteiger partial charge in [0.05, 0.1) is 11.3 Å². The molecule has 0 radical (unpaired) electrons. The van der Waals surface area contributed by atoms with Crippen LogP contribution in [0.2, 0.25) is 0 Å². The van der Waals surface area contributed by atoms with Crippen LogP contribution < -0.4 is 5.59 Å². The Hall–Kier alpha value is -0.805. The second-order valence-electron chi connectivity index (χ2n) is 4.43. The minimum atomic E-state index is -1.40. The van der Waals surface area contributed by atoms with Crippen molar-refractivity contribution >= 4 is 12.7 Å².